The van der Waals surface area contributed by atoms with Crippen LogP contribution in [0.1, 0.15) is 50.4 Å². The standard InChI is InChI=1S/C14H20N2O3/c1-14(2,3)7-4-5-12(17)16-11-9-10(13(18)19)6-8-15-11/h6,8-9H,4-5,7H2,1-3H3,(H,18,19)(H,15,16,17). The van der Waals surface area contributed by atoms with Crippen LogP contribution in [-0.2, 0) is 4.79 Å². The first-order valence-corrected chi connectivity index (χ1v) is 6.27. The second kappa shape index (κ2) is 6.31. The number of aromatic nitrogens is 1. The maximum atomic E-state index is 11.7. The van der Waals surface area contributed by atoms with Crippen molar-refractivity contribution in [3.05, 3.63) is 23.9 Å². The molecule has 0 fully saturated rings. The lowest BCUT2D eigenvalue weighted by atomic mass is 9.90. The van der Waals surface area contributed by atoms with Crippen LogP contribution in [0.15, 0.2) is 18.3 Å². The summed E-state index contributed by atoms with van der Waals surface area (Å²) in [5, 5.41) is 11.4. The van der Waals surface area contributed by atoms with Crippen molar-refractivity contribution in [3.63, 3.8) is 0 Å². The Morgan fingerprint density at radius 2 is 2.05 bits per heavy atom. The van der Waals surface area contributed by atoms with Crippen LogP contribution < -0.4 is 5.32 Å². The zero-order chi connectivity index (χ0) is 14.5. The number of carbonyl (C=O) groups excluding carboxylic acids is 1. The lowest BCUT2D eigenvalue weighted by Crippen LogP contribution is -2.14. The van der Waals surface area contributed by atoms with E-state index in [0.717, 1.165) is 12.8 Å². The van der Waals surface area contributed by atoms with Crippen molar-refractivity contribution in [1.82, 2.24) is 4.98 Å². The van der Waals surface area contributed by atoms with E-state index < -0.39 is 5.97 Å². The number of carboxylic acids is 1. The Labute approximate surface area is 113 Å². The number of nitrogens with zero attached hydrogens (tertiary/aromatic N) is 1. The number of pyridine rings is 1. The van der Waals surface area contributed by atoms with E-state index in [1.807, 2.05) is 0 Å². The highest BCUT2D eigenvalue weighted by atomic mass is 16.4. The van der Waals surface area contributed by atoms with Gasteiger partial charge >= 0.3 is 5.97 Å². The molecule has 19 heavy (non-hydrogen) atoms. The molecule has 1 aromatic rings. The lowest BCUT2D eigenvalue weighted by Gasteiger charge is -2.17. The van der Waals surface area contributed by atoms with Gasteiger partial charge in [0.25, 0.3) is 0 Å². The summed E-state index contributed by atoms with van der Waals surface area (Å²) in [6, 6.07) is 2.74. The summed E-state index contributed by atoms with van der Waals surface area (Å²) >= 11 is 0. The number of hydrogen-bond acceptors (Lipinski definition) is 3. The van der Waals surface area contributed by atoms with Gasteiger partial charge in [-0.15, -0.1) is 0 Å². The first-order chi connectivity index (χ1) is 8.78. The van der Waals surface area contributed by atoms with Crippen LogP contribution in [0.5, 0.6) is 0 Å². The topological polar surface area (TPSA) is 79.3 Å². The predicted molar refractivity (Wildman–Crippen MR) is 73.1 cm³/mol. The maximum Gasteiger partial charge on any atom is 0.335 e. The number of nitrogens with one attached hydrogen (secondary N) is 1. The van der Waals surface area contributed by atoms with Gasteiger partial charge in [0.2, 0.25) is 5.91 Å². The summed E-state index contributed by atoms with van der Waals surface area (Å²) in [5.41, 5.74) is 0.321. The number of amides is 1. The molecule has 0 unspecified atom stereocenters. The third kappa shape index (κ3) is 5.99. The second-order valence-corrected chi connectivity index (χ2v) is 5.70. The quantitative estimate of drug-likeness (QED) is 0.857. The predicted octanol–water partition coefficient (Wildman–Crippen LogP) is 2.93. The van der Waals surface area contributed by atoms with Crippen LogP contribution in [0.25, 0.3) is 0 Å². The van der Waals surface area contributed by atoms with Crippen LogP contribution in [0.4, 0.5) is 5.82 Å². The molecule has 2 N–H and O–H groups in total. The molecule has 0 radical (unpaired) electrons. The van der Waals surface area contributed by atoms with E-state index in [-0.39, 0.29) is 22.7 Å². The van der Waals surface area contributed by atoms with Crippen molar-refractivity contribution in [2.75, 3.05) is 5.32 Å². The molecule has 0 saturated carbocycles. The highest BCUT2D eigenvalue weighted by Crippen LogP contribution is 2.21. The second-order valence-electron chi connectivity index (χ2n) is 5.70. The molecular formula is C14H20N2O3. The zero-order valence-electron chi connectivity index (χ0n) is 11.6. The van der Waals surface area contributed by atoms with Crippen LogP contribution in [-0.4, -0.2) is 22.0 Å². The summed E-state index contributed by atoms with van der Waals surface area (Å²) in [4.78, 5) is 26.4. The van der Waals surface area contributed by atoms with Gasteiger partial charge < -0.3 is 10.4 Å². The van der Waals surface area contributed by atoms with Gasteiger partial charge in [-0.1, -0.05) is 20.8 Å². The van der Waals surface area contributed by atoms with Gasteiger partial charge in [0.1, 0.15) is 5.82 Å². The third-order valence-electron chi connectivity index (χ3n) is 2.60. The molecule has 1 amide bonds. The SMILES string of the molecule is CC(C)(C)CCCC(=O)Nc1cc(C(=O)O)ccn1. The largest absolute Gasteiger partial charge is 0.478 e. The molecule has 0 atom stereocenters. The highest BCUT2D eigenvalue weighted by Gasteiger charge is 2.12. The van der Waals surface area contributed by atoms with E-state index in [4.69, 9.17) is 5.11 Å². The number of rotatable bonds is 5. The molecule has 1 aromatic heterocycles. The maximum absolute atomic E-state index is 11.7. The molecule has 0 aliphatic heterocycles. The van der Waals surface area contributed by atoms with Gasteiger partial charge in [-0.3, -0.25) is 4.79 Å². The smallest absolute Gasteiger partial charge is 0.335 e. The van der Waals surface area contributed by atoms with Gasteiger partial charge in [-0.2, -0.15) is 0 Å². The molecule has 0 spiro atoms. The Hall–Kier alpha value is -1.91. The van der Waals surface area contributed by atoms with Crippen molar-refractivity contribution in [1.29, 1.82) is 0 Å². The van der Waals surface area contributed by atoms with Gasteiger partial charge in [-0.05, 0) is 30.4 Å². The Morgan fingerprint density at radius 1 is 1.37 bits per heavy atom. The molecule has 0 aromatic carbocycles. The number of hydrogen-bond donors (Lipinski definition) is 2. The van der Waals surface area contributed by atoms with Crippen LogP contribution in [0.3, 0.4) is 0 Å². The number of carboxylic acid groups (broad SMARTS) is 1. The Kier molecular flexibility index (Phi) is 5.03. The molecule has 0 aliphatic carbocycles. The van der Waals surface area contributed by atoms with E-state index in [2.05, 4.69) is 31.1 Å². The molecule has 0 aliphatic rings. The van der Waals surface area contributed by atoms with E-state index >= 15 is 0 Å². The molecule has 1 heterocycles. The zero-order valence-corrected chi connectivity index (χ0v) is 11.6. The highest BCUT2D eigenvalue weighted by molar-refractivity contribution is 5.92. The fourth-order valence-corrected chi connectivity index (χ4v) is 1.62. The fourth-order valence-electron chi connectivity index (χ4n) is 1.62. The lowest BCUT2D eigenvalue weighted by molar-refractivity contribution is -0.116. The average molecular weight is 264 g/mol. The minimum absolute atomic E-state index is 0.111. The van der Waals surface area contributed by atoms with Gasteiger partial charge in [0, 0.05) is 12.6 Å². The van der Waals surface area contributed by atoms with Crippen molar-refractivity contribution < 1.29 is 14.7 Å². The van der Waals surface area contributed by atoms with Crippen LogP contribution in [0.2, 0.25) is 0 Å². The molecule has 0 saturated heterocycles. The fraction of sp³-hybridized carbons (Fsp3) is 0.500. The molecule has 0 bridgehead atoms. The number of anilines is 1. The first kappa shape index (κ1) is 15.1. The molecule has 5 heteroatoms. The number of carbonyl (C=O) groups is 2. The van der Waals surface area contributed by atoms with E-state index in [1.165, 1.54) is 18.3 Å². The summed E-state index contributed by atoms with van der Waals surface area (Å²) in [6.07, 6.45) is 3.54. The van der Waals surface area contributed by atoms with Crippen molar-refractivity contribution in [2.24, 2.45) is 5.41 Å². The Balaban J connectivity index is 2.48. The third-order valence-corrected chi connectivity index (χ3v) is 2.60. The molecule has 104 valence electrons. The summed E-state index contributed by atoms with van der Waals surface area (Å²) in [7, 11) is 0. The molecule has 1 rings (SSSR count). The first-order valence-electron chi connectivity index (χ1n) is 6.27. The van der Waals surface area contributed by atoms with Gasteiger partial charge in [0.05, 0.1) is 5.56 Å². The van der Waals surface area contributed by atoms with E-state index in [9.17, 15) is 9.59 Å². The minimum atomic E-state index is -1.04. The summed E-state index contributed by atoms with van der Waals surface area (Å²) < 4.78 is 0. The van der Waals surface area contributed by atoms with Crippen molar-refractivity contribution in [2.45, 2.75) is 40.0 Å². The van der Waals surface area contributed by atoms with Crippen LogP contribution >= 0.6 is 0 Å². The van der Waals surface area contributed by atoms with Crippen LogP contribution in [0, 0.1) is 5.41 Å². The summed E-state index contributed by atoms with van der Waals surface area (Å²) in [5.74, 6) is -0.898. The monoisotopic (exact) mass is 264 g/mol. The van der Waals surface area contributed by atoms with E-state index in [0.29, 0.717) is 6.42 Å². The molecule has 5 nitrogen and oxygen atoms in total. The molecular weight excluding hydrogens is 244 g/mol. The van der Waals surface area contributed by atoms with E-state index in [1.54, 1.807) is 0 Å². The van der Waals surface area contributed by atoms with Crippen molar-refractivity contribution in [3.8, 4) is 0 Å². The Bertz CT molecular complexity index is 464. The minimum Gasteiger partial charge on any atom is -0.478 e. The van der Waals surface area contributed by atoms with Crippen molar-refractivity contribution >= 4 is 17.7 Å². The van der Waals surface area contributed by atoms with Gasteiger partial charge in [-0.25, -0.2) is 9.78 Å². The number of aromatic carboxylic acids is 1. The average Bonchev–Trinajstić information content (AvgIpc) is 2.27. The Morgan fingerprint density at radius 3 is 2.63 bits per heavy atom. The normalized spacial score (nSPS) is 11.1. The van der Waals surface area contributed by atoms with Gasteiger partial charge in [0.15, 0.2) is 0 Å². The summed E-state index contributed by atoms with van der Waals surface area (Å²) in [6.45, 7) is 6.38.